The average Bonchev–Trinajstić information content (AvgIpc) is 3.32. The molecule has 2 heterocycles. The molecule has 27 heavy (non-hydrogen) atoms. The van der Waals surface area contributed by atoms with Gasteiger partial charge in [0.25, 0.3) is 0 Å². The molecule has 1 aromatic carbocycles. The fraction of sp³-hybridized carbons (Fsp3) is 0.278. The molecular weight excluding hydrogens is 425 g/mol. The van der Waals surface area contributed by atoms with E-state index in [-0.39, 0.29) is 29.7 Å². The summed E-state index contributed by atoms with van der Waals surface area (Å²) in [5.41, 5.74) is 1.50. The van der Waals surface area contributed by atoms with Gasteiger partial charge in [-0.05, 0) is 17.0 Å². The van der Waals surface area contributed by atoms with E-state index in [2.05, 4.69) is 5.10 Å². The molecule has 0 aliphatic rings. The molecule has 0 unspecified atom stereocenters. The number of halogens is 2. The molecule has 0 aliphatic carbocycles. The Morgan fingerprint density at radius 3 is 2.33 bits per heavy atom. The molecule has 0 saturated heterocycles. The molecule has 2 aromatic heterocycles. The highest BCUT2D eigenvalue weighted by Crippen LogP contribution is 2.31. The third kappa shape index (κ3) is 4.73. The zero-order chi connectivity index (χ0) is 19.3. The van der Waals surface area contributed by atoms with Crippen LogP contribution in [-0.4, -0.2) is 47.4 Å². The Morgan fingerprint density at radius 1 is 1.04 bits per heavy atom. The zero-order valence-corrected chi connectivity index (χ0v) is 17.6. The summed E-state index contributed by atoms with van der Waals surface area (Å²) in [7, 11) is -3.77. The van der Waals surface area contributed by atoms with E-state index in [0.717, 1.165) is 10.4 Å². The van der Waals surface area contributed by atoms with E-state index in [9.17, 15) is 8.42 Å². The molecule has 0 radical (unpaired) electrons. The van der Waals surface area contributed by atoms with Gasteiger partial charge in [-0.3, -0.25) is 4.68 Å². The van der Waals surface area contributed by atoms with E-state index in [1.54, 1.807) is 10.9 Å². The van der Waals surface area contributed by atoms with Crippen LogP contribution >= 0.6 is 34.5 Å². The molecule has 0 N–H and O–H groups in total. The van der Waals surface area contributed by atoms with Crippen LogP contribution < -0.4 is 0 Å². The summed E-state index contributed by atoms with van der Waals surface area (Å²) in [5, 5.41) is 6.47. The predicted octanol–water partition coefficient (Wildman–Crippen LogP) is 4.13. The van der Waals surface area contributed by atoms with Crippen LogP contribution in [0.3, 0.4) is 0 Å². The van der Waals surface area contributed by atoms with E-state index in [0.29, 0.717) is 12.2 Å². The third-order valence-corrected chi connectivity index (χ3v) is 7.07. The molecule has 5 nitrogen and oxygen atoms in total. The highest BCUT2D eigenvalue weighted by atomic mass is 35.5. The molecule has 3 aromatic rings. The first-order chi connectivity index (χ1) is 13.1. The fourth-order valence-electron chi connectivity index (χ4n) is 2.71. The van der Waals surface area contributed by atoms with Crippen molar-refractivity contribution >= 4 is 44.6 Å². The lowest BCUT2D eigenvalue weighted by Gasteiger charge is -2.19. The van der Waals surface area contributed by atoms with Crippen molar-refractivity contribution in [2.75, 3.05) is 24.8 Å². The normalized spacial score (nSPS) is 12.0. The molecule has 0 spiro atoms. The van der Waals surface area contributed by atoms with Crippen LogP contribution in [0.15, 0.2) is 58.9 Å². The second-order valence-corrected chi connectivity index (χ2v) is 9.39. The molecule has 0 aliphatic heterocycles. The Balaban J connectivity index is 2.04. The Hall–Kier alpha value is -1.38. The number of hydrogen-bond donors (Lipinski definition) is 0. The molecule has 0 atom stereocenters. The monoisotopic (exact) mass is 443 g/mol. The number of hydrogen-bond acceptors (Lipinski definition) is 4. The molecule has 0 bridgehead atoms. The van der Waals surface area contributed by atoms with Crippen LogP contribution in [0.25, 0.3) is 10.6 Å². The van der Waals surface area contributed by atoms with Gasteiger partial charge in [0.05, 0.1) is 11.4 Å². The van der Waals surface area contributed by atoms with Gasteiger partial charge in [-0.1, -0.05) is 36.4 Å². The maximum atomic E-state index is 13.3. The van der Waals surface area contributed by atoms with Crippen LogP contribution in [0.1, 0.15) is 5.56 Å². The summed E-state index contributed by atoms with van der Waals surface area (Å²) >= 11 is 13.1. The minimum absolute atomic E-state index is 0.177. The Labute approximate surface area is 173 Å². The minimum Gasteiger partial charge on any atom is -0.266 e. The van der Waals surface area contributed by atoms with Crippen LogP contribution in [-0.2, 0) is 16.6 Å². The van der Waals surface area contributed by atoms with Crippen molar-refractivity contribution in [3.63, 3.8) is 0 Å². The maximum Gasteiger partial charge on any atom is 0.246 e. The first-order valence-electron chi connectivity index (χ1n) is 8.33. The Morgan fingerprint density at radius 2 is 1.74 bits per heavy atom. The van der Waals surface area contributed by atoms with Crippen molar-refractivity contribution in [1.29, 1.82) is 0 Å². The molecular formula is C18H19Cl2N3O2S2. The second kappa shape index (κ2) is 9.21. The summed E-state index contributed by atoms with van der Waals surface area (Å²) in [5.74, 6) is 0.394. The smallest absolute Gasteiger partial charge is 0.246 e. The lowest BCUT2D eigenvalue weighted by Crippen LogP contribution is -2.34. The zero-order valence-electron chi connectivity index (χ0n) is 14.5. The first-order valence-corrected chi connectivity index (χ1v) is 11.7. The van der Waals surface area contributed by atoms with Gasteiger partial charge in [-0.2, -0.15) is 9.40 Å². The topological polar surface area (TPSA) is 55.2 Å². The number of aromatic nitrogens is 2. The van der Waals surface area contributed by atoms with Crippen molar-refractivity contribution in [3.05, 3.63) is 59.6 Å². The maximum absolute atomic E-state index is 13.3. The number of rotatable bonds is 9. The van der Waals surface area contributed by atoms with Crippen molar-refractivity contribution in [3.8, 4) is 10.6 Å². The molecule has 3 rings (SSSR count). The summed E-state index contributed by atoms with van der Waals surface area (Å²) in [6.45, 7) is 0.883. The summed E-state index contributed by atoms with van der Waals surface area (Å²) < 4.78 is 29.5. The number of sulfonamides is 1. The Bertz CT molecular complexity index is 952. The third-order valence-electron chi connectivity index (χ3n) is 3.96. The standard InChI is InChI=1S/C18H19Cl2N3O2S2/c19-8-10-23(11-9-20)27(24,25)17-14-22(13-15-5-2-1-3-6-15)21-18(17)16-7-4-12-26-16/h1-7,12,14H,8-11,13H2. The lowest BCUT2D eigenvalue weighted by molar-refractivity contribution is 0.448. The number of benzene rings is 1. The van der Waals surface area contributed by atoms with Crippen molar-refractivity contribution in [2.24, 2.45) is 0 Å². The minimum atomic E-state index is -3.77. The van der Waals surface area contributed by atoms with Gasteiger partial charge in [0.2, 0.25) is 10.0 Å². The van der Waals surface area contributed by atoms with Crippen molar-refractivity contribution < 1.29 is 8.42 Å². The van der Waals surface area contributed by atoms with Gasteiger partial charge in [0.15, 0.2) is 0 Å². The van der Waals surface area contributed by atoms with Gasteiger partial charge in [-0.15, -0.1) is 34.5 Å². The lowest BCUT2D eigenvalue weighted by atomic mass is 10.2. The quantitative estimate of drug-likeness (QED) is 0.467. The van der Waals surface area contributed by atoms with Crippen LogP contribution in [0.4, 0.5) is 0 Å². The van der Waals surface area contributed by atoms with Gasteiger partial charge in [0, 0.05) is 31.0 Å². The van der Waals surface area contributed by atoms with Gasteiger partial charge < -0.3 is 0 Å². The molecule has 0 fully saturated rings. The highest BCUT2D eigenvalue weighted by Gasteiger charge is 2.30. The molecule has 0 amide bonds. The summed E-state index contributed by atoms with van der Waals surface area (Å²) in [6, 6.07) is 13.5. The van der Waals surface area contributed by atoms with E-state index in [4.69, 9.17) is 23.2 Å². The van der Waals surface area contributed by atoms with Gasteiger partial charge in [0.1, 0.15) is 10.6 Å². The predicted molar refractivity (Wildman–Crippen MR) is 111 cm³/mol. The number of alkyl halides is 2. The van der Waals surface area contributed by atoms with Gasteiger partial charge in [-0.25, -0.2) is 8.42 Å². The van der Waals surface area contributed by atoms with E-state index >= 15 is 0 Å². The van der Waals surface area contributed by atoms with Crippen molar-refractivity contribution in [2.45, 2.75) is 11.4 Å². The fourth-order valence-corrected chi connectivity index (χ4v) is 5.69. The average molecular weight is 444 g/mol. The van der Waals surface area contributed by atoms with Gasteiger partial charge >= 0.3 is 0 Å². The van der Waals surface area contributed by atoms with E-state index in [1.165, 1.54) is 15.6 Å². The van der Waals surface area contributed by atoms with Crippen LogP contribution in [0.5, 0.6) is 0 Å². The highest BCUT2D eigenvalue weighted by molar-refractivity contribution is 7.89. The Kier molecular flexibility index (Phi) is 6.94. The summed E-state index contributed by atoms with van der Waals surface area (Å²) in [4.78, 5) is 0.980. The van der Waals surface area contributed by atoms with Crippen LogP contribution in [0.2, 0.25) is 0 Å². The first kappa shape index (κ1) is 20.4. The van der Waals surface area contributed by atoms with Crippen molar-refractivity contribution in [1.82, 2.24) is 14.1 Å². The molecule has 9 heteroatoms. The van der Waals surface area contributed by atoms with Crippen LogP contribution in [0, 0.1) is 0 Å². The number of nitrogens with zero attached hydrogens (tertiary/aromatic N) is 3. The second-order valence-electron chi connectivity index (χ2n) is 5.78. The molecule has 0 saturated carbocycles. The summed E-state index contributed by atoms with van der Waals surface area (Å²) in [6.07, 6.45) is 1.59. The van der Waals surface area contributed by atoms with E-state index < -0.39 is 10.0 Å². The number of thiophene rings is 1. The van der Waals surface area contributed by atoms with E-state index in [1.807, 2.05) is 47.8 Å². The molecule has 144 valence electrons. The largest absolute Gasteiger partial charge is 0.266 e. The SMILES string of the molecule is O=S(=O)(c1cn(Cc2ccccc2)nc1-c1cccs1)N(CCCl)CCCl.